The van der Waals surface area contributed by atoms with E-state index < -0.39 is 0 Å². The van der Waals surface area contributed by atoms with E-state index in [0.29, 0.717) is 5.92 Å². The van der Waals surface area contributed by atoms with Crippen LogP contribution in [0.15, 0.2) is 84.4 Å². The summed E-state index contributed by atoms with van der Waals surface area (Å²) in [4.78, 5) is 0. The molecule has 1 atom stereocenters. The molecule has 0 aliphatic heterocycles. The predicted molar refractivity (Wildman–Crippen MR) is 160 cm³/mol. The molecular weight excluding hydrogens is 456 g/mol. The van der Waals surface area contributed by atoms with Gasteiger partial charge in [0.05, 0.1) is 0 Å². The summed E-state index contributed by atoms with van der Waals surface area (Å²) < 4.78 is 0. The molecule has 9 rings (SSSR count). The molecule has 5 aromatic rings. The van der Waals surface area contributed by atoms with E-state index in [1.165, 1.54) is 63.2 Å². The summed E-state index contributed by atoms with van der Waals surface area (Å²) in [5.74, 6) is 0.637. The van der Waals surface area contributed by atoms with Gasteiger partial charge >= 0.3 is 0 Å². The smallest absolute Gasteiger partial charge is 0.0165 e. The van der Waals surface area contributed by atoms with Gasteiger partial charge in [-0.2, -0.15) is 0 Å². The molecule has 0 saturated heterocycles. The van der Waals surface area contributed by atoms with E-state index in [-0.39, 0.29) is 10.8 Å². The Hall–Kier alpha value is -3.64. The first kappa shape index (κ1) is 21.3. The Balaban J connectivity index is 1.41. The molecule has 5 aromatic carbocycles. The van der Waals surface area contributed by atoms with Gasteiger partial charge in [-0.3, -0.25) is 0 Å². The fourth-order valence-electron chi connectivity index (χ4n) is 9.00. The second kappa shape index (κ2) is 6.67. The van der Waals surface area contributed by atoms with Crippen molar-refractivity contribution in [1.29, 1.82) is 0 Å². The maximum Gasteiger partial charge on any atom is 0.0165 e. The summed E-state index contributed by atoms with van der Waals surface area (Å²) in [7, 11) is 0. The SMILES string of the molecule is CC1(C)C2=C(c3ccc4cccc5c4c3C(CC5)C2)c2c1ccc1c2C(C)(C)c2ccc3ccccc3c2-1. The van der Waals surface area contributed by atoms with Gasteiger partial charge in [0, 0.05) is 10.8 Å². The number of fused-ring (bicyclic) bond motifs is 9. The van der Waals surface area contributed by atoms with Crippen LogP contribution in [0.4, 0.5) is 0 Å². The predicted octanol–water partition coefficient (Wildman–Crippen LogP) is 9.83. The first-order valence-corrected chi connectivity index (χ1v) is 14.4. The molecule has 1 unspecified atom stereocenters. The van der Waals surface area contributed by atoms with Crippen LogP contribution in [0.3, 0.4) is 0 Å². The van der Waals surface area contributed by atoms with Crippen molar-refractivity contribution in [2.45, 2.75) is 63.7 Å². The second-order valence-corrected chi connectivity index (χ2v) is 13.2. The Bertz CT molecular complexity index is 1940. The van der Waals surface area contributed by atoms with E-state index in [4.69, 9.17) is 0 Å². The lowest BCUT2D eigenvalue weighted by molar-refractivity contribution is 0.534. The largest absolute Gasteiger partial charge is 0.0616 e. The summed E-state index contributed by atoms with van der Waals surface area (Å²) in [5.41, 5.74) is 17.0. The van der Waals surface area contributed by atoms with Crippen LogP contribution in [-0.4, -0.2) is 0 Å². The number of benzene rings is 5. The van der Waals surface area contributed by atoms with E-state index in [1.54, 1.807) is 38.8 Å². The Kier molecular flexibility index (Phi) is 3.74. The molecule has 184 valence electrons. The molecule has 0 amide bonds. The van der Waals surface area contributed by atoms with Gasteiger partial charge in [-0.25, -0.2) is 0 Å². The topological polar surface area (TPSA) is 0 Å². The zero-order valence-corrected chi connectivity index (χ0v) is 22.7. The Morgan fingerprint density at radius 3 is 2.29 bits per heavy atom. The maximum atomic E-state index is 2.49. The van der Waals surface area contributed by atoms with Crippen LogP contribution < -0.4 is 0 Å². The van der Waals surface area contributed by atoms with Crippen LogP contribution in [0.25, 0.3) is 38.2 Å². The summed E-state index contributed by atoms with van der Waals surface area (Å²) in [5, 5.41) is 5.70. The summed E-state index contributed by atoms with van der Waals surface area (Å²) in [6.07, 6.45) is 3.68. The highest BCUT2D eigenvalue weighted by Crippen LogP contribution is 2.63. The lowest BCUT2D eigenvalue weighted by Gasteiger charge is -2.36. The standard InChI is InChI=1S/C38H32/c1-37(2)29-19-17-27-33-25-11-6-5-8-21(25)15-18-28(33)38(3,4)36(27)35(29)34-26-16-14-23-10-7-9-22-12-13-24(20-30(34)37)32(26)31(22)23/h5-11,14-19,24H,12-13,20H2,1-4H3. The van der Waals surface area contributed by atoms with Gasteiger partial charge in [-0.1, -0.05) is 112 Å². The van der Waals surface area contributed by atoms with E-state index in [0.717, 1.165) is 0 Å². The molecule has 4 aliphatic rings. The molecule has 0 nitrogen and oxygen atoms in total. The molecule has 38 heavy (non-hydrogen) atoms. The molecule has 0 N–H and O–H groups in total. The van der Waals surface area contributed by atoms with Crippen LogP contribution in [-0.2, 0) is 17.3 Å². The fourth-order valence-corrected chi connectivity index (χ4v) is 9.00. The average molecular weight is 489 g/mol. The molecule has 0 heterocycles. The minimum atomic E-state index is -0.0470. The van der Waals surface area contributed by atoms with Gasteiger partial charge in [-0.15, -0.1) is 0 Å². The molecular formula is C38H32. The van der Waals surface area contributed by atoms with Crippen molar-refractivity contribution in [2.24, 2.45) is 0 Å². The summed E-state index contributed by atoms with van der Waals surface area (Å²) in [6.45, 7) is 9.91. The highest BCUT2D eigenvalue weighted by atomic mass is 14.5. The van der Waals surface area contributed by atoms with Crippen molar-refractivity contribution in [3.8, 4) is 11.1 Å². The van der Waals surface area contributed by atoms with Gasteiger partial charge in [0.15, 0.2) is 0 Å². The van der Waals surface area contributed by atoms with Crippen molar-refractivity contribution in [3.05, 3.63) is 123 Å². The van der Waals surface area contributed by atoms with Gasteiger partial charge in [0.2, 0.25) is 0 Å². The van der Waals surface area contributed by atoms with E-state index >= 15 is 0 Å². The van der Waals surface area contributed by atoms with Crippen molar-refractivity contribution < 1.29 is 0 Å². The first-order valence-electron chi connectivity index (χ1n) is 14.4. The van der Waals surface area contributed by atoms with Crippen LogP contribution in [0.5, 0.6) is 0 Å². The zero-order chi connectivity index (χ0) is 25.6. The molecule has 0 bridgehead atoms. The number of allylic oxidation sites excluding steroid dienone is 1. The third kappa shape index (κ3) is 2.31. The molecule has 0 heteroatoms. The molecule has 0 saturated carbocycles. The number of rotatable bonds is 0. The average Bonchev–Trinajstić information content (AvgIpc) is 3.31. The molecule has 0 spiro atoms. The lowest BCUT2D eigenvalue weighted by atomic mass is 9.67. The van der Waals surface area contributed by atoms with E-state index in [9.17, 15) is 0 Å². The lowest BCUT2D eigenvalue weighted by Crippen LogP contribution is -2.23. The number of hydrogen-bond donors (Lipinski definition) is 0. The number of hydrogen-bond acceptors (Lipinski definition) is 0. The van der Waals surface area contributed by atoms with Gasteiger partial charge in [0.1, 0.15) is 0 Å². The quantitative estimate of drug-likeness (QED) is 0.203. The van der Waals surface area contributed by atoms with Gasteiger partial charge < -0.3 is 0 Å². The summed E-state index contributed by atoms with van der Waals surface area (Å²) in [6, 6.07) is 30.4. The van der Waals surface area contributed by atoms with Crippen LogP contribution in [0.2, 0.25) is 0 Å². The molecule has 0 radical (unpaired) electrons. The van der Waals surface area contributed by atoms with Crippen molar-refractivity contribution in [2.75, 3.05) is 0 Å². The van der Waals surface area contributed by atoms with Crippen LogP contribution >= 0.6 is 0 Å². The fraction of sp³-hybridized carbons (Fsp3) is 0.263. The van der Waals surface area contributed by atoms with Gasteiger partial charge in [0.25, 0.3) is 0 Å². The molecule has 0 aromatic heterocycles. The minimum absolute atomic E-state index is 0.0470. The summed E-state index contributed by atoms with van der Waals surface area (Å²) >= 11 is 0. The minimum Gasteiger partial charge on any atom is -0.0616 e. The van der Waals surface area contributed by atoms with Crippen molar-refractivity contribution >= 4 is 27.1 Å². The van der Waals surface area contributed by atoms with Crippen molar-refractivity contribution in [1.82, 2.24) is 0 Å². The normalized spacial score (nSPS) is 20.9. The highest BCUT2D eigenvalue weighted by Gasteiger charge is 2.48. The third-order valence-corrected chi connectivity index (χ3v) is 10.7. The van der Waals surface area contributed by atoms with Gasteiger partial charge in [-0.05, 0) is 102 Å². The van der Waals surface area contributed by atoms with Crippen LogP contribution in [0.1, 0.15) is 85.4 Å². The Morgan fingerprint density at radius 2 is 1.39 bits per heavy atom. The third-order valence-electron chi connectivity index (χ3n) is 10.7. The van der Waals surface area contributed by atoms with E-state index in [2.05, 4.69) is 107 Å². The highest BCUT2D eigenvalue weighted by molar-refractivity contribution is 6.07. The van der Waals surface area contributed by atoms with Crippen LogP contribution in [0, 0.1) is 0 Å². The zero-order valence-electron chi connectivity index (χ0n) is 22.7. The Morgan fingerprint density at radius 1 is 0.658 bits per heavy atom. The van der Waals surface area contributed by atoms with E-state index in [1.807, 2.05) is 0 Å². The Labute approximate surface area is 225 Å². The van der Waals surface area contributed by atoms with Crippen molar-refractivity contribution in [3.63, 3.8) is 0 Å². The monoisotopic (exact) mass is 488 g/mol. The second-order valence-electron chi connectivity index (χ2n) is 13.2. The first-order chi connectivity index (χ1) is 18.4. The molecule has 0 fully saturated rings. The maximum absolute atomic E-state index is 2.49. The number of aryl methyl sites for hydroxylation is 1. The molecule has 4 aliphatic carbocycles.